The summed E-state index contributed by atoms with van der Waals surface area (Å²) < 4.78 is 0. The number of hydroxylamine groups is 1. The van der Waals surface area contributed by atoms with Crippen molar-refractivity contribution in [2.75, 3.05) is 0 Å². The van der Waals surface area contributed by atoms with Gasteiger partial charge in [0.15, 0.2) is 5.82 Å². The van der Waals surface area contributed by atoms with Gasteiger partial charge in [-0.1, -0.05) is 23.2 Å². The molecule has 0 saturated heterocycles. The average molecular weight is 220 g/mol. The molecule has 0 aliphatic rings. The fourth-order valence-corrected chi connectivity index (χ4v) is 1.12. The van der Waals surface area contributed by atoms with E-state index in [1.165, 1.54) is 0 Å². The second-order valence-electron chi connectivity index (χ2n) is 2.27. The predicted octanol–water partition coefficient (Wildman–Crippen LogP) is 2.34. The fraction of sp³-hybridized carbons (Fsp3) is 0.143. The molecule has 0 aliphatic carbocycles. The van der Waals surface area contributed by atoms with Gasteiger partial charge in [-0.25, -0.2) is 9.98 Å². The molecule has 0 aromatic carbocycles. The van der Waals surface area contributed by atoms with Crippen LogP contribution in [0.3, 0.4) is 0 Å². The summed E-state index contributed by atoms with van der Waals surface area (Å²) in [5.74, 6) is 0.335. The molecular formula is C7H7Cl2N3O. The number of halogens is 2. The third-order valence-electron chi connectivity index (χ3n) is 1.39. The molecule has 1 aromatic heterocycles. The summed E-state index contributed by atoms with van der Waals surface area (Å²) in [6, 6.07) is 1.55. The monoisotopic (exact) mass is 219 g/mol. The van der Waals surface area contributed by atoms with Crippen molar-refractivity contribution >= 4 is 35.4 Å². The highest BCUT2D eigenvalue weighted by Gasteiger charge is 2.03. The van der Waals surface area contributed by atoms with Crippen LogP contribution in [0.5, 0.6) is 0 Å². The van der Waals surface area contributed by atoms with Gasteiger partial charge in [0, 0.05) is 11.6 Å². The molecule has 1 rings (SSSR count). The fourth-order valence-electron chi connectivity index (χ4n) is 0.698. The van der Waals surface area contributed by atoms with Crippen molar-refractivity contribution in [1.29, 1.82) is 0 Å². The quantitative estimate of drug-likeness (QED) is 0.348. The molecule has 0 atom stereocenters. The van der Waals surface area contributed by atoms with Crippen LogP contribution in [0.25, 0.3) is 0 Å². The van der Waals surface area contributed by atoms with Crippen LogP contribution in [-0.4, -0.2) is 16.5 Å². The number of hydrogen-bond donors (Lipinski definition) is 2. The Bertz CT molecular complexity index is 318. The Balaban J connectivity index is 3.06. The van der Waals surface area contributed by atoms with E-state index >= 15 is 0 Å². The van der Waals surface area contributed by atoms with Gasteiger partial charge < -0.3 is 0 Å². The molecule has 70 valence electrons. The topological polar surface area (TPSA) is 57.5 Å². The van der Waals surface area contributed by atoms with Crippen LogP contribution in [0.15, 0.2) is 11.1 Å². The molecule has 2 N–H and O–H groups in total. The summed E-state index contributed by atoms with van der Waals surface area (Å²) in [7, 11) is 0. The molecule has 0 fully saturated rings. The average Bonchev–Trinajstić information content (AvgIpc) is 2.10. The molecule has 13 heavy (non-hydrogen) atoms. The van der Waals surface area contributed by atoms with Gasteiger partial charge in [0.2, 0.25) is 0 Å². The van der Waals surface area contributed by atoms with Crippen molar-refractivity contribution in [1.82, 2.24) is 10.5 Å². The van der Waals surface area contributed by atoms with Crippen LogP contribution in [0.2, 0.25) is 10.2 Å². The minimum atomic E-state index is 0.303. The molecule has 0 spiro atoms. The van der Waals surface area contributed by atoms with Crippen molar-refractivity contribution in [3.8, 4) is 0 Å². The maximum absolute atomic E-state index is 8.23. The number of nitrogens with zero attached hydrogens (tertiary/aromatic N) is 2. The van der Waals surface area contributed by atoms with E-state index in [1.807, 2.05) is 0 Å². The standard InChI is InChI=1S/C7H7Cl2N3O/c1-4-5(8)2-6(10-3-11-13)12-7(4)9/h2-3,13H,1H3,(H,10,11,12). The molecule has 4 nitrogen and oxygen atoms in total. The van der Waals surface area contributed by atoms with E-state index in [4.69, 9.17) is 28.4 Å². The Labute approximate surface area is 85.2 Å². The number of pyridine rings is 1. The van der Waals surface area contributed by atoms with Crippen molar-refractivity contribution < 1.29 is 5.21 Å². The lowest BCUT2D eigenvalue weighted by atomic mass is 10.3. The van der Waals surface area contributed by atoms with Crippen molar-refractivity contribution in [3.05, 3.63) is 21.8 Å². The molecule has 1 aromatic rings. The summed E-state index contributed by atoms with van der Waals surface area (Å²) in [6.45, 7) is 1.76. The van der Waals surface area contributed by atoms with Crippen molar-refractivity contribution in [2.24, 2.45) is 4.99 Å². The van der Waals surface area contributed by atoms with E-state index in [9.17, 15) is 0 Å². The van der Waals surface area contributed by atoms with E-state index in [0.717, 1.165) is 6.34 Å². The summed E-state index contributed by atoms with van der Waals surface area (Å²) in [5.41, 5.74) is 2.46. The lowest BCUT2D eigenvalue weighted by molar-refractivity contribution is 0.240. The Morgan fingerprint density at radius 2 is 2.31 bits per heavy atom. The Hall–Kier alpha value is -0.840. The van der Waals surface area contributed by atoms with Crippen LogP contribution >= 0.6 is 23.2 Å². The molecule has 0 unspecified atom stereocenters. The second kappa shape index (κ2) is 4.41. The van der Waals surface area contributed by atoms with Crippen LogP contribution in [0, 0.1) is 6.92 Å². The smallest absolute Gasteiger partial charge is 0.156 e. The van der Waals surface area contributed by atoms with E-state index in [1.54, 1.807) is 18.5 Å². The van der Waals surface area contributed by atoms with E-state index in [0.29, 0.717) is 21.6 Å². The minimum absolute atomic E-state index is 0.303. The molecule has 0 bridgehead atoms. The molecule has 6 heteroatoms. The molecule has 0 aliphatic heterocycles. The van der Waals surface area contributed by atoms with Crippen LogP contribution in [0.4, 0.5) is 5.82 Å². The highest BCUT2D eigenvalue weighted by Crippen LogP contribution is 2.25. The van der Waals surface area contributed by atoms with Gasteiger partial charge in [0.05, 0.1) is 5.02 Å². The Kier molecular flexibility index (Phi) is 3.48. The van der Waals surface area contributed by atoms with E-state index in [-0.39, 0.29) is 0 Å². The first kappa shape index (κ1) is 10.2. The summed E-state index contributed by atoms with van der Waals surface area (Å²) in [4.78, 5) is 7.62. The van der Waals surface area contributed by atoms with Gasteiger partial charge in [-0.15, -0.1) is 0 Å². The predicted molar refractivity (Wildman–Crippen MR) is 52.1 cm³/mol. The zero-order chi connectivity index (χ0) is 9.84. The highest BCUT2D eigenvalue weighted by molar-refractivity contribution is 6.35. The summed E-state index contributed by atoms with van der Waals surface area (Å²) >= 11 is 11.6. The van der Waals surface area contributed by atoms with Gasteiger partial charge >= 0.3 is 0 Å². The van der Waals surface area contributed by atoms with Crippen molar-refractivity contribution in [3.63, 3.8) is 0 Å². The zero-order valence-corrected chi connectivity index (χ0v) is 8.26. The molecule has 0 radical (unpaired) electrons. The van der Waals surface area contributed by atoms with Gasteiger partial charge in [0.25, 0.3) is 0 Å². The number of aromatic nitrogens is 1. The molecular weight excluding hydrogens is 213 g/mol. The summed E-state index contributed by atoms with van der Waals surface area (Å²) in [5, 5.41) is 9.02. The largest absolute Gasteiger partial charge is 0.290 e. The second-order valence-corrected chi connectivity index (χ2v) is 3.03. The van der Waals surface area contributed by atoms with Gasteiger partial charge in [0.1, 0.15) is 11.5 Å². The lowest BCUT2D eigenvalue weighted by Gasteiger charge is -2.00. The molecule has 0 saturated carbocycles. The maximum Gasteiger partial charge on any atom is 0.156 e. The first-order valence-corrected chi connectivity index (χ1v) is 4.15. The third-order valence-corrected chi connectivity index (χ3v) is 2.15. The zero-order valence-electron chi connectivity index (χ0n) is 6.75. The number of hydrogen-bond acceptors (Lipinski definition) is 3. The Morgan fingerprint density at radius 3 is 2.85 bits per heavy atom. The maximum atomic E-state index is 8.23. The van der Waals surface area contributed by atoms with E-state index < -0.39 is 0 Å². The summed E-state index contributed by atoms with van der Waals surface area (Å²) in [6.07, 6.45) is 1.07. The van der Waals surface area contributed by atoms with Gasteiger partial charge in [-0.05, 0) is 6.92 Å². The number of nitrogens with one attached hydrogen (secondary N) is 1. The SMILES string of the molecule is Cc1c(Cl)cc(N=CNO)nc1Cl. The van der Waals surface area contributed by atoms with Crippen LogP contribution in [0.1, 0.15) is 5.56 Å². The minimum Gasteiger partial charge on any atom is -0.290 e. The third kappa shape index (κ3) is 2.55. The lowest BCUT2D eigenvalue weighted by Crippen LogP contribution is -2.01. The number of aliphatic imine (C=N–C) groups is 1. The van der Waals surface area contributed by atoms with Gasteiger partial charge in [-0.2, -0.15) is 0 Å². The Morgan fingerprint density at radius 1 is 1.62 bits per heavy atom. The first-order valence-electron chi connectivity index (χ1n) is 3.40. The molecule has 1 heterocycles. The first-order chi connectivity index (χ1) is 6.15. The molecule has 0 amide bonds. The van der Waals surface area contributed by atoms with Gasteiger partial charge in [-0.3, -0.25) is 10.7 Å². The highest BCUT2D eigenvalue weighted by atomic mass is 35.5. The number of rotatable bonds is 2. The van der Waals surface area contributed by atoms with Crippen molar-refractivity contribution in [2.45, 2.75) is 6.92 Å². The normalized spacial score (nSPS) is 10.8. The van der Waals surface area contributed by atoms with Crippen LogP contribution < -0.4 is 5.48 Å². The van der Waals surface area contributed by atoms with Crippen LogP contribution in [-0.2, 0) is 0 Å². The van der Waals surface area contributed by atoms with E-state index in [2.05, 4.69) is 9.98 Å².